The lowest BCUT2D eigenvalue weighted by atomic mass is 10.0. The standard InChI is InChI=1S/C27H22FN7O2S/c1-38(36,37)32-10-15-4-17(6-19(28)5-15)23-13-31-14-26-21(23)9-25(33-26)27-22-8-16(2-3-24(22)34-35-27)18-7-20(29)12-30-11-18/h2-9,11-14,32-33H,10,29H2,1H3,(H,34,35). The maximum Gasteiger partial charge on any atom is 0.209 e. The average molecular weight is 528 g/mol. The molecular weight excluding hydrogens is 505 g/mol. The Morgan fingerprint density at radius 1 is 0.895 bits per heavy atom. The van der Waals surface area contributed by atoms with Gasteiger partial charge in [-0.1, -0.05) is 6.07 Å². The summed E-state index contributed by atoms with van der Waals surface area (Å²) in [6.45, 7) is -0.0183. The van der Waals surface area contributed by atoms with Crippen LogP contribution in [0.4, 0.5) is 10.1 Å². The lowest BCUT2D eigenvalue weighted by molar-refractivity contribution is 0.586. The van der Waals surface area contributed by atoms with Crippen molar-refractivity contribution < 1.29 is 12.8 Å². The van der Waals surface area contributed by atoms with E-state index >= 15 is 0 Å². The Labute approximate surface area is 217 Å². The van der Waals surface area contributed by atoms with E-state index in [-0.39, 0.29) is 6.54 Å². The predicted molar refractivity (Wildman–Crippen MR) is 146 cm³/mol. The van der Waals surface area contributed by atoms with E-state index in [9.17, 15) is 12.8 Å². The maximum atomic E-state index is 14.5. The zero-order chi connectivity index (χ0) is 26.4. The number of benzene rings is 2. The van der Waals surface area contributed by atoms with Gasteiger partial charge in [0.05, 0.1) is 34.9 Å². The fourth-order valence-corrected chi connectivity index (χ4v) is 4.97. The molecule has 0 saturated heterocycles. The lowest BCUT2D eigenvalue weighted by Gasteiger charge is -2.08. The largest absolute Gasteiger partial charge is 0.397 e. The summed E-state index contributed by atoms with van der Waals surface area (Å²) in [6.07, 6.45) is 7.79. The van der Waals surface area contributed by atoms with Gasteiger partial charge < -0.3 is 10.7 Å². The highest BCUT2D eigenvalue weighted by atomic mass is 32.2. The second kappa shape index (κ2) is 9.05. The summed E-state index contributed by atoms with van der Waals surface area (Å²) in [5.74, 6) is -0.470. The topological polar surface area (TPSA) is 142 Å². The Morgan fingerprint density at radius 2 is 1.74 bits per heavy atom. The van der Waals surface area contributed by atoms with Crippen LogP contribution >= 0.6 is 0 Å². The van der Waals surface area contributed by atoms with Crippen molar-refractivity contribution in [1.82, 2.24) is 29.9 Å². The average Bonchev–Trinajstić information content (AvgIpc) is 3.50. The van der Waals surface area contributed by atoms with Gasteiger partial charge in [0.15, 0.2) is 0 Å². The van der Waals surface area contributed by atoms with E-state index in [4.69, 9.17) is 5.73 Å². The van der Waals surface area contributed by atoms with Crippen molar-refractivity contribution in [3.63, 3.8) is 0 Å². The molecule has 0 aliphatic carbocycles. The third-order valence-electron chi connectivity index (χ3n) is 6.26. The number of nitrogens with two attached hydrogens (primary N) is 1. The second-order valence-electron chi connectivity index (χ2n) is 9.11. The number of aromatic amines is 2. The van der Waals surface area contributed by atoms with Gasteiger partial charge in [-0.25, -0.2) is 17.5 Å². The number of anilines is 1. The number of nitrogen functional groups attached to an aromatic ring is 1. The summed E-state index contributed by atoms with van der Waals surface area (Å²) in [7, 11) is -3.42. The number of halogens is 1. The number of fused-ring (bicyclic) bond motifs is 2. The van der Waals surface area contributed by atoms with Crippen molar-refractivity contribution in [2.24, 2.45) is 0 Å². The van der Waals surface area contributed by atoms with Crippen LogP contribution in [-0.2, 0) is 16.6 Å². The minimum atomic E-state index is -3.42. The molecule has 0 fully saturated rings. The number of hydrogen-bond donors (Lipinski definition) is 4. The third kappa shape index (κ3) is 4.60. The Balaban J connectivity index is 1.43. The highest BCUT2D eigenvalue weighted by Crippen LogP contribution is 2.35. The van der Waals surface area contributed by atoms with Gasteiger partial charge in [-0.2, -0.15) is 5.10 Å². The molecule has 5 N–H and O–H groups in total. The number of nitrogens with zero attached hydrogens (tertiary/aromatic N) is 3. The molecule has 6 rings (SSSR count). The molecule has 0 aliphatic rings. The summed E-state index contributed by atoms with van der Waals surface area (Å²) in [5, 5.41) is 9.36. The van der Waals surface area contributed by atoms with Gasteiger partial charge in [-0.15, -0.1) is 0 Å². The Morgan fingerprint density at radius 3 is 2.55 bits per heavy atom. The van der Waals surface area contributed by atoms with Crippen LogP contribution < -0.4 is 10.5 Å². The van der Waals surface area contributed by atoms with Crippen molar-refractivity contribution in [2.75, 3.05) is 12.0 Å². The van der Waals surface area contributed by atoms with E-state index in [0.717, 1.165) is 50.6 Å². The van der Waals surface area contributed by atoms with Crippen LogP contribution in [0.3, 0.4) is 0 Å². The molecular formula is C27H22FN7O2S. The molecule has 0 spiro atoms. The van der Waals surface area contributed by atoms with Crippen LogP contribution in [0.2, 0.25) is 0 Å². The fraction of sp³-hybridized carbons (Fsp3) is 0.0741. The molecule has 9 nitrogen and oxygen atoms in total. The first-order valence-corrected chi connectivity index (χ1v) is 13.5. The van der Waals surface area contributed by atoms with Gasteiger partial charge in [0.1, 0.15) is 11.5 Å². The Hall–Kier alpha value is -4.61. The summed E-state index contributed by atoms with van der Waals surface area (Å²) in [6, 6.07) is 14.3. The number of rotatable bonds is 6. The number of sulfonamides is 1. The van der Waals surface area contributed by atoms with Crippen LogP contribution in [-0.4, -0.2) is 39.8 Å². The first-order chi connectivity index (χ1) is 18.2. The second-order valence-corrected chi connectivity index (χ2v) is 10.9. The number of hydrogen-bond acceptors (Lipinski definition) is 6. The van der Waals surface area contributed by atoms with Gasteiger partial charge >= 0.3 is 0 Å². The minimum absolute atomic E-state index is 0.0183. The zero-order valence-electron chi connectivity index (χ0n) is 20.2. The van der Waals surface area contributed by atoms with E-state index in [2.05, 4.69) is 29.9 Å². The van der Waals surface area contributed by atoms with E-state index in [1.807, 2.05) is 30.3 Å². The fourth-order valence-electron chi connectivity index (χ4n) is 4.55. The molecule has 4 aromatic heterocycles. The van der Waals surface area contributed by atoms with Gasteiger partial charge in [0, 0.05) is 47.0 Å². The predicted octanol–water partition coefficient (Wildman–Crippen LogP) is 4.61. The molecule has 0 bridgehead atoms. The van der Waals surface area contributed by atoms with Gasteiger partial charge in [0.2, 0.25) is 10.0 Å². The summed E-state index contributed by atoms with van der Waals surface area (Å²) >= 11 is 0. The Kier molecular flexibility index (Phi) is 5.66. The Bertz CT molecular complexity index is 1950. The maximum absolute atomic E-state index is 14.5. The summed E-state index contributed by atoms with van der Waals surface area (Å²) < 4.78 is 39.9. The number of aromatic nitrogens is 5. The molecule has 38 heavy (non-hydrogen) atoms. The number of nitrogens with one attached hydrogen (secondary N) is 3. The first-order valence-electron chi connectivity index (χ1n) is 11.6. The molecule has 190 valence electrons. The molecule has 2 aromatic carbocycles. The molecule has 4 heterocycles. The van der Waals surface area contributed by atoms with E-state index < -0.39 is 15.8 Å². The van der Waals surface area contributed by atoms with Crippen LogP contribution in [0.1, 0.15) is 5.56 Å². The quantitative estimate of drug-likeness (QED) is 0.249. The first kappa shape index (κ1) is 23.8. The molecule has 6 aromatic rings. The highest BCUT2D eigenvalue weighted by molar-refractivity contribution is 7.88. The minimum Gasteiger partial charge on any atom is -0.397 e. The van der Waals surface area contributed by atoms with Crippen molar-refractivity contribution >= 4 is 37.5 Å². The van der Waals surface area contributed by atoms with Crippen LogP contribution in [0.25, 0.3) is 55.4 Å². The number of pyridine rings is 2. The van der Waals surface area contributed by atoms with Crippen molar-refractivity contribution in [3.8, 4) is 33.6 Å². The molecule has 0 atom stereocenters. The van der Waals surface area contributed by atoms with Gasteiger partial charge in [-0.3, -0.25) is 15.1 Å². The van der Waals surface area contributed by atoms with E-state index in [1.165, 1.54) is 12.1 Å². The smallest absolute Gasteiger partial charge is 0.209 e. The molecule has 11 heteroatoms. The molecule has 0 amide bonds. The molecule has 0 saturated carbocycles. The number of H-pyrrole nitrogens is 2. The van der Waals surface area contributed by atoms with Gasteiger partial charge in [-0.05, 0) is 59.2 Å². The van der Waals surface area contributed by atoms with E-state index in [1.54, 1.807) is 30.9 Å². The van der Waals surface area contributed by atoms with Crippen LogP contribution in [0.5, 0.6) is 0 Å². The molecule has 0 unspecified atom stereocenters. The SMILES string of the molecule is CS(=O)(=O)NCc1cc(F)cc(-c2cncc3[nH]c(-c4n[nH]c5ccc(-c6cncc(N)c6)cc45)cc23)c1. The van der Waals surface area contributed by atoms with E-state index in [0.29, 0.717) is 22.4 Å². The molecule has 0 radical (unpaired) electrons. The van der Waals surface area contributed by atoms with Crippen molar-refractivity contribution in [2.45, 2.75) is 6.54 Å². The van der Waals surface area contributed by atoms with Crippen molar-refractivity contribution in [1.29, 1.82) is 0 Å². The van der Waals surface area contributed by atoms with Crippen molar-refractivity contribution in [3.05, 3.63) is 84.7 Å². The third-order valence-corrected chi connectivity index (χ3v) is 6.93. The van der Waals surface area contributed by atoms with Crippen LogP contribution in [0.15, 0.2) is 73.3 Å². The monoisotopic (exact) mass is 527 g/mol. The van der Waals surface area contributed by atoms with Crippen LogP contribution in [0, 0.1) is 5.82 Å². The normalized spacial score (nSPS) is 11.9. The zero-order valence-corrected chi connectivity index (χ0v) is 21.0. The summed E-state index contributed by atoms with van der Waals surface area (Å²) in [5.41, 5.74) is 13.2. The molecule has 0 aliphatic heterocycles. The summed E-state index contributed by atoms with van der Waals surface area (Å²) in [4.78, 5) is 11.9. The lowest BCUT2D eigenvalue weighted by Crippen LogP contribution is -2.21. The van der Waals surface area contributed by atoms with Gasteiger partial charge in [0.25, 0.3) is 0 Å². The highest BCUT2D eigenvalue weighted by Gasteiger charge is 2.16.